The summed E-state index contributed by atoms with van der Waals surface area (Å²) in [5.74, 6) is -1.29. The minimum atomic E-state index is -1.17. The Morgan fingerprint density at radius 3 is 2.21 bits per heavy atom. The van der Waals surface area contributed by atoms with Crippen molar-refractivity contribution in [1.82, 2.24) is 10.2 Å². The van der Waals surface area contributed by atoms with Gasteiger partial charge in [0.15, 0.2) is 0 Å². The van der Waals surface area contributed by atoms with Crippen molar-refractivity contribution >= 4 is 18.2 Å². The van der Waals surface area contributed by atoms with Gasteiger partial charge in [0.05, 0.1) is 12.6 Å². The van der Waals surface area contributed by atoms with Crippen molar-refractivity contribution in [2.45, 2.75) is 76.9 Å². The lowest BCUT2D eigenvalue weighted by Gasteiger charge is -2.31. The molecule has 4 rings (SSSR count). The van der Waals surface area contributed by atoms with E-state index >= 15 is 0 Å². The average molecular weight is 525 g/mol. The molecule has 2 atom stereocenters. The molecular formula is C29H36N2O7. The van der Waals surface area contributed by atoms with Crippen molar-refractivity contribution in [2.24, 2.45) is 0 Å². The van der Waals surface area contributed by atoms with Crippen molar-refractivity contribution in [2.75, 3.05) is 13.2 Å². The summed E-state index contributed by atoms with van der Waals surface area (Å²) in [7, 11) is 0. The molecule has 1 saturated heterocycles. The normalized spacial score (nSPS) is 18.9. The summed E-state index contributed by atoms with van der Waals surface area (Å²) in [5.41, 5.74) is 2.83. The summed E-state index contributed by atoms with van der Waals surface area (Å²) in [6.07, 6.45) is -1.24. The molecule has 2 N–H and O–H groups in total. The lowest BCUT2D eigenvalue weighted by Crippen LogP contribution is -2.46. The number of benzene rings is 2. The van der Waals surface area contributed by atoms with Gasteiger partial charge >= 0.3 is 18.2 Å². The Balaban J connectivity index is 1.32. The van der Waals surface area contributed by atoms with Gasteiger partial charge in [-0.3, -0.25) is 4.90 Å². The Hall–Kier alpha value is -3.59. The maximum absolute atomic E-state index is 12.6. The number of amides is 2. The number of carboxylic acid groups (broad SMARTS) is 1. The van der Waals surface area contributed by atoms with Gasteiger partial charge in [-0.2, -0.15) is 0 Å². The summed E-state index contributed by atoms with van der Waals surface area (Å²) in [4.78, 5) is 38.6. The van der Waals surface area contributed by atoms with E-state index in [1.807, 2.05) is 48.5 Å². The van der Waals surface area contributed by atoms with Crippen LogP contribution in [0.4, 0.5) is 9.59 Å². The van der Waals surface area contributed by atoms with Gasteiger partial charge < -0.3 is 24.6 Å². The first-order chi connectivity index (χ1) is 17.9. The fourth-order valence-corrected chi connectivity index (χ4v) is 5.09. The molecule has 0 unspecified atom stereocenters. The molecule has 2 aliphatic rings. The third-order valence-corrected chi connectivity index (χ3v) is 6.82. The van der Waals surface area contributed by atoms with E-state index in [0.29, 0.717) is 6.42 Å². The molecule has 0 aromatic heterocycles. The van der Waals surface area contributed by atoms with Crippen molar-refractivity contribution in [3.63, 3.8) is 0 Å². The van der Waals surface area contributed by atoms with Crippen LogP contribution in [0.3, 0.4) is 0 Å². The first-order valence-corrected chi connectivity index (χ1v) is 12.9. The zero-order valence-electron chi connectivity index (χ0n) is 22.5. The van der Waals surface area contributed by atoms with Gasteiger partial charge in [0, 0.05) is 5.92 Å². The lowest BCUT2D eigenvalue weighted by atomic mass is 9.98. The Morgan fingerprint density at radius 1 is 1.08 bits per heavy atom. The van der Waals surface area contributed by atoms with Crippen molar-refractivity contribution in [1.29, 1.82) is 0 Å². The summed E-state index contributed by atoms with van der Waals surface area (Å²) >= 11 is 0. The molecule has 38 heavy (non-hydrogen) atoms. The highest BCUT2D eigenvalue weighted by molar-refractivity contribution is 5.81. The molecular weight excluding hydrogens is 488 g/mol. The van der Waals surface area contributed by atoms with E-state index in [9.17, 15) is 19.5 Å². The monoisotopic (exact) mass is 524 g/mol. The Kier molecular flexibility index (Phi) is 7.69. The Bertz CT molecular complexity index is 1160. The van der Waals surface area contributed by atoms with E-state index in [0.717, 1.165) is 22.3 Å². The molecule has 0 bridgehead atoms. The van der Waals surface area contributed by atoms with Gasteiger partial charge in [-0.05, 0) is 69.7 Å². The molecule has 2 aromatic carbocycles. The predicted molar refractivity (Wildman–Crippen MR) is 141 cm³/mol. The highest BCUT2D eigenvalue weighted by Gasteiger charge is 2.44. The molecule has 1 heterocycles. The SMILES string of the molecule is CC(C)(C)OC(=O)N1C[C@@H](CC[C@H](NC(=O)OCC2c3ccccc3-c3ccccc32)C(=O)O)OC1(C)C. The summed E-state index contributed by atoms with van der Waals surface area (Å²) in [6, 6.07) is 14.8. The minimum Gasteiger partial charge on any atom is -0.480 e. The zero-order chi connectivity index (χ0) is 27.7. The maximum atomic E-state index is 12.6. The molecule has 204 valence electrons. The predicted octanol–water partition coefficient (Wildman–Crippen LogP) is 5.13. The smallest absolute Gasteiger partial charge is 0.412 e. The molecule has 2 amide bonds. The van der Waals surface area contributed by atoms with Crippen LogP contribution in [-0.4, -0.2) is 64.8 Å². The molecule has 9 nitrogen and oxygen atoms in total. The van der Waals surface area contributed by atoms with Gasteiger partial charge in [0.2, 0.25) is 0 Å². The van der Waals surface area contributed by atoms with Crippen LogP contribution in [-0.2, 0) is 19.0 Å². The standard InChI is InChI=1S/C29H36N2O7/c1-28(2,3)38-27(35)31-16-18(37-29(31,4)5)14-15-24(25(32)33)30-26(34)36-17-23-21-12-8-6-10-19(21)20-11-7-9-13-22(20)23/h6-13,18,23-24H,14-17H2,1-5H3,(H,30,34)(H,32,33)/t18-,24+/m1/s1. The summed E-state index contributed by atoms with van der Waals surface area (Å²) < 4.78 is 17.0. The number of ether oxygens (including phenoxy) is 3. The van der Waals surface area contributed by atoms with Crippen molar-refractivity contribution < 1.29 is 33.7 Å². The van der Waals surface area contributed by atoms with Gasteiger partial charge in [-0.15, -0.1) is 0 Å². The average Bonchev–Trinajstić information content (AvgIpc) is 3.32. The van der Waals surface area contributed by atoms with Gasteiger partial charge in [-0.1, -0.05) is 48.5 Å². The van der Waals surface area contributed by atoms with Crippen LogP contribution >= 0.6 is 0 Å². The number of carboxylic acids is 1. The first kappa shape index (κ1) is 27.4. The Labute approximate surface area is 223 Å². The topological polar surface area (TPSA) is 114 Å². The first-order valence-electron chi connectivity index (χ1n) is 12.9. The number of alkyl carbamates (subject to hydrolysis) is 1. The third kappa shape index (κ3) is 6.10. The number of nitrogens with zero attached hydrogens (tertiary/aromatic N) is 1. The lowest BCUT2D eigenvalue weighted by molar-refractivity contribution is -0.139. The van der Waals surface area contributed by atoms with Crippen molar-refractivity contribution in [3.8, 4) is 11.1 Å². The molecule has 1 fully saturated rings. The molecule has 1 aliphatic heterocycles. The molecule has 0 radical (unpaired) electrons. The highest BCUT2D eigenvalue weighted by atomic mass is 16.6. The van der Waals surface area contributed by atoms with Crippen LogP contribution in [0.2, 0.25) is 0 Å². The van der Waals surface area contributed by atoms with E-state index in [1.54, 1.807) is 34.6 Å². The van der Waals surface area contributed by atoms with Crippen molar-refractivity contribution in [3.05, 3.63) is 59.7 Å². The zero-order valence-corrected chi connectivity index (χ0v) is 22.5. The number of carbonyl (C=O) groups is 3. The van der Waals surface area contributed by atoms with Crippen LogP contribution in [0, 0.1) is 0 Å². The fraction of sp³-hybridized carbons (Fsp3) is 0.483. The van der Waals surface area contributed by atoms with Gasteiger partial charge in [-0.25, -0.2) is 14.4 Å². The number of carbonyl (C=O) groups excluding carboxylic acids is 2. The molecule has 0 saturated carbocycles. The molecule has 2 aromatic rings. The number of nitrogens with one attached hydrogen (secondary N) is 1. The minimum absolute atomic E-state index is 0.0942. The van der Waals surface area contributed by atoms with E-state index in [2.05, 4.69) is 5.32 Å². The largest absolute Gasteiger partial charge is 0.480 e. The fourth-order valence-electron chi connectivity index (χ4n) is 5.09. The second kappa shape index (κ2) is 10.6. The molecule has 0 spiro atoms. The van der Waals surface area contributed by atoms with E-state index < -0.39 is 41.6 Å². The van der Waals surface area contributed by atoms with Gasteiger partial charge in [0.1, 0.15) is 24.0 Å². The number of hydrogen-bond acceptors (Lipinski definition) is 6. The highest BCUT2D eigenvalue weighted by Crippen LogP contribution is 2.44. The van der Waals surface area contributed by atoms with E-state index in [-0.39, 0.29) is 25.5 Å². The second-order valence-corrected chi connectivity index (χ2v) is 11.2. The maximum Gasteiger partial charge on any atom is 0.412 e. The van der Waals surface area contributed by atoms with Crippen LogP contribution in [0.25, 0.3) is 11.1 Å². The van der Waals surface area contributed by atoms with Crippen LogP contribution in [0.1, 0.15) is 64.5 Å². The van der Waals surface area contributed by atoms with Crippen LogP contribution in [0.15, 0.2) is 48.5 Å². The van der Waals surface area contributed by atoms with Crippen LogP contribution in [0.5, 0.6) is 0 Å². The number of rotatable bonds is 7. The van der Waals surface area contributed by atoms with E-state index in [1.165, 1.54) is 4.90 Å². The number of hydrogen-bond donors (Lipinski definition) is 2. The Morgan fingerprint density at radius 2 is 1.66 bits per heavy atom. The summed E-state index contributed by atoms with van der Waals surface area (Å²) in [6.45, 7) is 9.26. The van der Waals surface area contributed by atoms with Gasteiger partial charge in [0.25, 0.3) is 0 Å². The number of fused-ring (bicyclic) bond motifs is 3. The quantitative estimate of drug-likeness (QED) is 0.516. The molecule has 9 heteroatoms. The number of aliphatic carboxylic acids is 1. The summed E-state index contributed by atoms with van der Waals surface area (Å²) in [5, 5.41) is 12.2. The second-order valence-electron chi connectivity index (χ2n) is 11.2. The van der Waals surface area contributed by atoms with E-state index in [4.69, 9.17) is 14.2 Å². The van der Waals surface area contributed by atoms with Crippen LogP contribution < -0.4 is 5.32 Å². The molecule has 1 aliphatic carbocycles. The third-order valence-electron chi connectivity index (χ3n) is 6.82.